The Hall–Kier alpha value is -0.570. The Kier molecular flexibility index (Phi) is 3.76. The molecular weight excluding hydrogens is 259 g/mol. The van der Waals surface area contributed by atoms with Crippen LogP contribution in [0.2, 0.25) is 10.0 Å². The lowest BCUT2D eigenvalue weighted by Gasteiger charge is -2.40. The molecule has 0 radical (unpaired) electrons. The molecule has 0 amide bonds. The first-order chi connectivity index (χ1) is 8.06. The summed E-state index contributed by atoms with van der Waals surface area (Å²) in [5.41, 5.74) is 0.263. The van der Waals surface area contributed by atoms with Crippen LogP contribution in [0.4, 0.5) is 0 Å². The number of benzene rings is 1. The number of ketones is 1. The van der Waals surface area contributed by atoms with Crippen molar-refractivity contribution in [1.29, 1.82) is 0 Å². The lowest BCUT2D eigenvalue weighted by molar-refractivity contribution is -0.0704. The molecular formula is C13H14Cl2O2. The fourth-order valence-electron chi connectivity index (χ4n) is 2.13. The second kappa shape index (κ2) is 4.97. The molecule has 1 aliphatic carbocycles. The Morgan fingerprint density at radius 1 is 1.41 bits per heavy atom. The van der Waals surface area contributed by atoms with Crippen LogP contribution in [0.3, 0.4) is 0 Å². The summed E-state index contributed by atoms with van der Waals surface area (Å²) >= 11 is 11.8. The third-order valence-electron chi connectivity index (χ3n) is 3.41. The Balaban J connectivity index is 2.14. The van der Waals surface area contributed by atoms with Gasteiger partial charge in [-0.1, -0.05) is 23.2 Å². The first kappa shape index (κ1) is 12.9. The molecule has 2 rings (SSSR count). The summed E-state index contributed by atoms with van der Waals surface area (Å²) in [4.78, 5) is 12.1. The highest BCUT2D eigenvalue weighted by atomic mass is 35.5. The average Bonchev–Trinajstić information content (AvgIpc) is 2.23. The minimum Gasteiger partial charge on any atom is -0.378 e. The third-order valence-corrected chi connectivity index (χ3v) is 3.96. The molecule has 0 saturated heterocycles. The van der Waals surface area contributed by atoms with Crippen molar-refractivity contribution >= 4 is 29.0 Å². The highest BCUT2D eigenvalue weighted by Gasteiger charge is 2.39. The topological polar surface area (TPSA) is 26.3 Å². The summed E-state index contributed by atoms with van der Waals surface area (Å²) in [6.07, 6.45) is 3.40. The fourth-order valence-corrected chi connectivity index (χ4v) is 2.64. The molecule has 0 bridgehead atoms. The van der Waals surface area contributed by atoms with Gasteiger partial charge in [0, 0.05) is 24.1 Å². The molecule has 2 nitrogen and oxygen atoms in total. The SMILES string of the molecule is COC1(CC(=O)c2ccc(Cl)cc2Cl)CCC1. The van der Waals surface area contributed by atoms with Crippen LogP contribution in [-0.4, -0.2) is 18.5 Å². The van der Waals surface area contributed by atoms with Crippen LogP contribution in [0, 0.1) is 0 Å². The molecule has 17 heavy (non-hydrogen) atoms. The van der Waals surface area contributed by atoms with Crippen LogP contribution in [-0.2, 0) is 4.74 Å². The Labute approximate surface area is 111 Å². The molecule has 0 aromatic heterocycles. The predicted molar refractivity (Wildman–Crippen MR) is 69.0 cm³/mol. The summed E-state index contributed by atoms with van der Waals surface area (Å²) in [5.74, 6) is 0.0215. The van der Waals surface area contributed by atoms with Crippen molar-refractivity contribution < 1.29 is 9.53 Å². The number of ether oxygens (including phenoxy) is 1. The highest BCUT2D eigenvalue weighted by Crippen LogP contribution is 2.39. The first-order valence-electron chi connectivity index (χ1n) is 5.60. The number of rotatable bonds is 4. The van der Waals surface area contributed by atoms with Gasteiger partial charge in [0.25, 0.3) is 0 Å². The number of Topliss-reactive ketones (excluding diaryl/α,β-unsaturated/α-hetero) is 1. The first-order valence-corrected chi connectivity index (χ1v) is 6.35. The minimum absolute atomic E-state index is 0.0215. The van der Waals surface area contributed by atoms with E-state index in [1.165, 1.54) is 0 Å². The standard InChI is InChI=1S/C13H14Cl2O2/c1-17-13(5-2-6-13)8-12(16)10-4-3-9(14)7-11(10)15/h3-4,7H,2,5-6,8H2,1H3. The van der Waals surface area contributed by atoms with E-state index >= 15 is 0 Å². The second-order valence-electron chi connectivity index (χ2n) is 4.46. The van der Waals surface area contributed by atoms with E-state index < -0.39 is 0 Å². The van der Waals surface area contributed by atoms with E-state index in [9.17, 15) is 4.79 Å². The molecule has 0 N–H and O–H groups in total. The average molecular weight is 273 g/mol. The van der Waals surface area contributed by atoms with Crippen LogP contribution in [0.5, 0.6) is 0 Å². The van der Waals surface area contributed by atoms with Crippen molar-refractivity contribution in [2.75, 3.05) is 7.11 Å². The maximum atomic E-state index is 12.1. The number of carbonyl (C=O) groups excluding carboxylic acids is 1. The van der Waals surface area contributed by atoms with Crippen molar-refractivity contribution in [3.05, 3.63) is 33.8 Å². The zero-order chi connectivity index (χ0) is 12.5. The molecule has 0 aliphatic heterocycles. The molecule has 0 unspecified atom stereocenters. The van der Waals surface area contributed by atoms with Gasteiger partial charge < -0.3 is 4.74 Å². The fraction of sp³-hybridized carbons (Fsp3) is 0.462. The van der Waals surface area contributed by atoms with Gasteiger partial charge in [-0.15, -0.1) is 0 Å². The van der Waals surface area contributed by atoms with Crippen molar-refractivity contribution in [2.45, 2.75) is 31.3 Å². The van der Waals surface area contributed by atoms with Crippen LogP contribution in [0.25, 0.3) is 0 Å². The molecule has 92 valence electrons. The monoisotopic (exact) mass is 272 g/mol. The zero-order valence-corrected chi connectivity index (χ0v) is 11.1. The van der Waals surface area contributed by atoms with Crippen molar-refractivity contribution in [3.8, 4) is 0 Å². The zero-order valence-electron chi connectivity index (χ0n) is 9.63. The Morgan fingerprint density at radius 3 is 2.59 bits per heavy atom. The molecule has 4 heteroatoms. The van der Waals surface area contributed by atoms with Gasteiger partial charge in [-0.05, 0) is 37.5 Å². The number of methoxy groups -OCH3 is 1. The van der Waals surface area contributed by atoms with Gasteiger partial charge in [-0.25, -0.2) is 0 Å². The van der Waals surface area contributed by atoms with Crippen LogP contribution in [0.15, 0.2) is 18.2 Å². The highest BCUT2D eigenvalue weighted by molar-refractivity contribution is 6.36. The molecule has 1 aliphatic rings. The normalized spacial score (nSPS) is 17.6. The third kappa shape index (κ3) is 2.65. The summed E-state index contributed by atoms with van der Waals surface area (Å²) in [5, 5.41) is 0.949. The lowest BCUT2D eigenvalue weighted by atomic mass is 9.76. The van der Waals surface area contributed by atoms with E-state index in [2.05, 4.69) is 0 Å². The van der Waals surface area contributed by atoms with Gasteiger partial charge in [0.1, 0.15) is 0 Å². The number of hydrogen-bond donors (Lipinski definition) is 0. The van der Waals surface area contributed by atoms with E-state index in [4.69, 9.17) is 27.9 Å². The van der Waals surface area contributed by atoms with Crippen molar-refractivity contribution in [3.63, 3.8) is 0 Å². The molecule has 1 saturated carbocycles. The lowest BCUT2D eigenvalue weighted by Crippen LogP contribution is -2.41. The quantitative estimate of drug-likeness (QED) is 0.771. The van der Waals surface area contributed by atoms with Crippen LogP contribution >= 0.6 is 23.2 Å². The number of hydrogen-bond acceptors (Lipinski definition) is 2. The van der Waals surface area contributed by atoms with Gasteiger partial charge in [0.2, 0.25) is 0 Å². The van der Waals surface area contributed by atoms with Crippen molar-refractivity contribution in [1.82, 2.24) is 0 Å². The van der Waals surface area contributed by atoms with Gasteiger partial charge in [-0.3, -0.25) is 4.79 Å². The minimum atomic E-state index is -0.264. The van der Waals surface area contributed by atoms with Gasteiger partial charge >= 0.3 is 0 Å². The molecule has 1 fully saturated rings. The summed E-state index contributed by atoms with van der Waals surface area (Å²) in [6, 6.07) is 4.95. The number of halogens is 2. The summed E-state index contributed by atoms with van der Waals surface area (Å²) < 4.78 is 5.44. The van der Waals surface area contributed by atoms with E-state index in [0.29, 0.717) is 22.0 Å². The Morgan fingerprint density at radius 2 is 2.12 bits per heavy atom. The second-order valence-corrected chi connectivity index (χ2v) is 5.31. The number of carbonyl (C=O) groups is 1. The van der Waals surface area contributed by atoms with E-state index in [1.807, 2.05) is 0 Å². The van der Waals surface area contributed by atoms with Gasteiger partial charge in [0.15, 0.2) is 5.78 Å². The van der Waals surface area contributed by atoms with Crippen LogP contribution < -0.4 is 0 Å². The predicted octanol–water partition coefficient (Wildman–Crippen LogP) is 4.14. The summed E-state index contributed by atoms with van der Waals surface area (Å²) in [6.45, 7) is 0. The molecule has 0 spiro atoms. The molecule has 0 heterocycles. The van der Waals surface area contributed by atoms with E-state index in [-0.39, 0.29) is 11.4 Å². The van der Waals surface area contributed by atoms with Crippen molar-refractivity contribution in [2.24, 2.45) is 0 Å². The van der Waals surface area contributed by atoms with Gasteiger partial charge in [0.05, 0.1) is 10.6 Å². The smallest absolute Gasteiger partial charge is 0.167 e. The molecule has 0 atom stereocenters. The summed E-state index contributed by atoms with van der Waals surface area (Å²) in [7, 11) is 1.66. The van der Waals surface area contributed by atoms with E-state index in [0.717, 1.165) is 19.3 Å². The van der Waals surface area contributed by atoms with E-state index in [1.54, 1.807) is 25.3 Å². The Bertz CT molecular complexity index is 434. The maximum Gasteiger partial charge on any atom is 0.167 e. The molecule has 1 aromatic carbocycles. The largest absolute Gasteiger partial charge is 0.378 e. The van der Waals surface area contributed by atoms with Crippen LogP contribution in [0.1, 0.15) is 36.0 Å². The van der Waals surface area contributed by atoms with Gasteiger partial charge in [-0.2, -0.15) is 0 Å². The molecule has 1 aromatic rings. The maximum absolute atomic E-state index is 12.1.